The third-order valence-corrected chi connectivity index (χ3v) is 7.09. The smallest absolute Gasteiger partial charge is 0.310 e. The lowest BCUT2D eigenvalue weighted by molar-refractivity contribution is -0.148. The number of rotatable bonds is 6. The monoisotopic (exact) mass is 481 g/mol. The largest absolute Gasteiger partial charge is 0.466 e. The number of esters is 1. The molecule has 0 amide bonds. The molecule has 0 radical (unpaired) electrons. The molecule has 0 saturated carbocycles. The average molecular weight is 482 g/mol. The summed E-state index contributed by atoms with van der Waals surface area (Å²) < 4.78 is 11.2. The van der Waals surface area contributed by atoms with E-state index in [-0.39, 0.29) is 17.7 Å². The van der Waals surface area contributed by atoms with Crippen molar-refractivity contribution >= 4 is 34.0 Å². The molecule has 1 atom stereocenters. The van der Waals surface area contributed by atoms with Crippen molar-refractivity contribution < 1.29 is 18.8 Å². The predicted octanol–water partition coefficient (Wildman–Crippen LogP) is 5.43. The highest BCUT2D eigenvalue weighted by atomic mass is 16.5. The molecule has 0 spiro atoms. The van der Waals surface area contributed by atoms with Crippen LogP contribution in [0.3, 0.4) is 0 Å². The summed E-state index contributed by atoms with van der Waals surface area (Å²) in [6, 6.07) is 19.6. The third kappa shape index (κ3) is 3.71. The lowest BCUT2D eigenvalue weighted by atomic mass is 9.86. The maximum absolute atomic E-state index is 13.7. The summed E-state index contributed by atoms with van der Waals surface area (Å²) in [5.74, 6) is 0.203. The summed E-state index contributed by atoms with van der Waals surface area (Å²) in [4.78, 5) is 28.4. The van der Waals surface area contributed by atoms with Gasteiger partial charge in [-0.05, 0) is 31.4 Å². The number of fused-ring (bicyclic) bond motifs is 2. The van der Waals surface area contributed by atoms with Crippen LogP contribution in [-0.2, 0) is 16.1 Å². The summed E-state index contributed by atoms with van der Waals surface area (Å²) in [7, 11) is 0. The molecule has 36 heavy (non-hydrogen) atoms. The number of hydrogen-bond donors (Lipinski definition) is 1. The Kier molecular flexibility index (Phi) is 5.68. The second kappa shape index (κ2) is 9.15. The van der Waals surface area contributed by atoms with Gasteiger partial charge in [-0.2, -0.15) is 0 Å². The molecule has 0 bridgehead atoms. The van der Waals surface area contributed by atoms with Gasteiger partial charge in [0.25, 0.3) is 0 Å². The highest BCUT2D eigenvalue weighted by Gasteiger charge is 2.35. The van der Waals surface area contributed by atoms with E-state index in [0.717, 1.165) is 47.3 Å². The van der Waals surface area contributed by atoms with Crippen molar-refractivity contribution in [3.63, 3.8) is 0 Å². The molecule has 182 valence electrons. The number of nitrogens with one attached hydrogen (secondary N) is 1. The fourth-order valence-electron chi connectivity index (χ4n) is 5.36. The van der Waals surface area contributed by atoms with Crippen molar-refractivity contribution in [1.29, 1.82) is 0 Å². The van der Waals surface area contributed by atoms with Crippen LogP contribution in [0.15, 0.2) is 65.2 Å². The highest BCUT2D eigenvalue weighted by Crippen LogP contribution is 2.46. The van der Waals surface area contributed by atoms with Crippen LogP contribution >= 0.6 is 0 Å². The number of piperidine rings is 1. The van der Waals surface area contributed by atoms with Crippen molar-refractivity contribution in [3.8, 4) is 11.3 Å². The Morgan fingerprint density at radius 1 is 1.14 bits per heavy atom. The number of ketones is 1. The van der Waals surface area contributed by atoms with E-state index in [2.05, 4.69) is 27.5 Å². The second-order valence-electron chi connectivity index (χ2n) is 9.30. The van der Waals surface area contributed by atoms with Gasteiger partial charge in [-0.25, -0.2) is 0 Å². The van der Waals surface area contributed by atoms with E-state index in [0.29, 0.717) is 42.1 Å². The van der Waals surface area contributed by atoms with Crippen molar-refractivity contribution in [1.82, 2.24) is 5.16 Å². The molecular formula is C29H27N3O4. The molecule has 3 aromatic carbocycles. The Labute approximate surface area is 209 Å². The highest BCUT2D eigenvalue weighted by molar-refractivity contribution is 6.28. The summed E-state index contributed by atoms with van der Waals surface area (Å²) in [5, 5.41) is 8.69. The zero-order valence-corrected chi connectivity index (χ0v) is 20.1. The third-order valence-electron chi connectivity index (χ3n) is 7.09. The van der Waals surface area contributed by atoms with Crippen molar-refractivity contribution in [2.24, 2.45) is 5.92 Å². The van der Waals surface area contributed by atoms with Gasteiger partial charge in [0.2, 0.25) is 0 Å². The van der Waals surface area contributed by atoms with Gasteiger partial charge in [-0.1, -0.05) is 59.8 Å². The molecule has 1 aromatic heterocycles. The molecule has 1 aliphatic carbocycles. The summed E-state index contributed by atoms with van der Waals surface area (Å²) in [6.45, 7) is 4.10. The van der Waals surface area contributed by atoms with Gasteiger partial charge < -0.3 is 19.5 Å². The van der Waals surface area contributed by atoms with Crippen LogP contribution in [0.2, 0.25) is 0 Å². The Morgan fingerprint density at radius 3 is 2.72 bits per heavy atom. The number of hydrogen-bond acceptors (Lipinski definition) is 7. The molecule has 0 unspecified atom stereocenters. The molecule has 1 aliphatic heterocycles. The number of ether oxygens (including phenoxy) is 1. The first-order valence-electron chi connectivity index (χ1n) is 12.5. The van der Waals surface area contributed by atoms with E-state index < -0.39 is 0 Å². The number of aromatic nitrogens is 1. The number of carbonyl (C=O) groups is 2. The Balaban J connectivity index is 1.48. The lowest BCUT2D eigenvalue weighted by Crippen LogP contribution is -2.39. The van der Waals surface area contributed by atoms with Crippen LogP contribution in [0.25, 0.3) is 22.2 Å². The summed E-state index contributed by atoms with van der Waals surface area (Å²) in [5.41, 5.74) is 5.31. The Bertz CT molecular complexity index is 1460. The molecule has 2 heterocycles. The first kappa shape index (κ1) is 22.3. The lowest BCUT2D eigenvalue weighted by Gasteiger charge is -2.34. The molecule has 1 N–H and O–H groups in total. The van der Waals surface area contributed by atoms with Crippen LogP contribution in [0, 0.1) is 5.92 Å². The van der Waals surface area contributed by atoms with Crippen molar-refractivity contribution in [3.05, 3.63) is 77.4 Å². The van der Waals surface area contributed by atoms with Crippen LogP contribution in [0.5, 0.6) is 0 Å². The topological polar surface area (TPSA) is 84.7 Å². The molecule has 7 nitrogen and oxygen atoms in total. The molecule has 7 heteroatoms. The number of benzene rings is 3. The predicted molar refractivity (Wildman–Crippen MR) is 138 cm³/mol. The van der Waals surface area contributed by atoms with Crippen molar-refractivity contribution in [2.75, 3.05) is 29.9 Å². The van der Waals surface area contributed by atoms with Crippen LogP contribution in [0.4, 0.5) is 11.4 Å². The first-order valence-corrected chi connectivity index (χ1v) is 12.5. The van der Waals surface area contributed by atoms with Crippen LogP contribution in [0.1, 0.15) is 41.3 Å². The van der Waals surface area contributed by atoms with Gasteiger partial charge in [0, 0.05) is 36.4 Å². The molecule has 4 aromatic rings. The van der Waals surface area contributed by atoms with E-state index in [4.69, 9.17) is 9.26 Å². The fraction of sp³-hybridized carbons (Fsp3) is 0.276. The van der Waals surface area contributed by atoms with Gasteiger partial charge in [0.15, 0.2) is 11.5 Å². The van der Waals surface area contributed by atoms with E-state index in [9.17, 15) is 9.59 Å². The standard InChI is InChI=1S/C29H27N3O4/c1-2-35-29(34)19-11-8-14-32(17-19)23-15-22(30-16-18-9-4-3-5-10-18)24-25-26(23)31-36-28(25)21-13-7-6-12-20(21)27(24)33/h3-7,9-10,12-13,15,19,30H,2,8,11,14,16-17H2,1H3/t19-/m0/s1. The molecule has 1 fully saturated rings. The minimum atomic E-state index is -0.198. The van der Waals surface area contributed by atoms with E-state index in [1.807, 2.05) is 55.5 Å². The van der Waals surface area contributed by atoms with Gasteiger partial charge in [0.05, 0.1) is 29.2 Å². The number of nitrogens with zero attached hydrogens (tertiary/aromatic N) is 2. The number of carbonyl (C=O) groups excluding carboxylic acids is 2. The summed E-state index contributed by atoms with van der Waals surface area (Å²) in [6.07, 6.45) is 1.66. The maximum atomic E-state index is 13.7. The van der Waals surface area contributed by atoms with Gasteiger partial charge in [0.1, 0.15) is 5.52 Å². The maximum Gasteiger partial charge on any atom is 0.310 e. The zero-order valence-electron chi connectivity index (χ0n) is 20.1. The fourth-order valence-corrected chi connectivity index (χ4v) is 5.36. The van der Waals surface area contributed by atoms with Gasteiger partial charge >= 0.3 is 5.97 Å². The summed E-state index contributed by atoms with van der Waals surface area (Å²) >= 11 is 0. The Morgan fingerprint density at radius 2 is 1.92 bits per heavy atom. The molecule has 1 saturated heterocycles. The van der Waals surface area contributed by atoms with Crippen LogP contribution < -0.4 is 10.2 Å². The van der Waals surface area contributed by atoms with E-state index >= 15 is 0 Å². The first-order chi connectivity index (χ1) is 17.7. The molecule has 6 rings (SSSR count). The SMILES string of the molecule is CCOC(=O)[C@H]1CCCN(c2cc(NCc3ccccc3)c3c4c(onc24)-c2ccccc2C3=O)C1. The number of anilines is 2. The van der Waals surface area contributed by atoms with E-state index in [1.165, 1.54) is 0 Å². The quantitative estimate of drug-likeness (QED) is 0.324. The van der Waals surface area contributed by atoms with Gasteiger partial charge in [-0.3, -0.25) is 9.59 Å². The minimum absolute atomic E-state index is 0.0449. The zero-order chi connectivity index (χ0) is 24.6. The van der Waals surface area contributed by atoms with Crippen LogP contribution in [-0.4, -0.2) is 36.6 Å². The van der Waals surface area contributed by atoms with Gasteiger partial charge in [-0.15, -0.1) is 0 Å². The second-order valence-corrected chi connectivity index (χ2v) is 9.30. The average Bonchev–Trinajstić information content (AvgIpc) is 3.37. The normalized spacial score (nSPS) is 16.6. The minimum Gasteiger partial charge on any atom is -0.466 e. The van der Waals surface area contributed by atoms with E-state index in [1.54, 1.807) is 0 Å². The Hall–Kier alpha value is -4.13. The molecule has 2 aliphatic rings. The van der Waals surface area contributed by atoms with Crippen molar-refractivity contribution in [2.45, 2.75) is 26.3 Å². The molecular weight excluding hydrogens is 454 g/mol.